The van der Waals surface area contributed by atoms with Gasteiger partial charge < -0.3 is 29.9 Å². The third-order valence-electron chi connectivity index (χ3n) is 7.88. The zero-order valence-electron chi connectivity index (χ0n) is 20.1. The van der Waals surface area contributed by atoms with Crippen molar-refractivity contribution in [1.82, 2.24) is 10.2 Å². The molecule has 2 aliphatic carbocycles. The van der Waals surface area contributed by atoms with Gasteiger partial charge in [-0.3, -0.25) is 9.59 Å². The van der Waals surface area contributed by atoms with E-state index in [1.807, 2.05) is 29.2 Å². The third-order valence-corrected chi connectivity index (χ3v) is 7.88. The van der Waals surface area contributed by atoms with Crippen molar-refractivity contribution in [1.29, 1.82) is 0 Å². The number of nitrogens with one attached hydrogen (secondary N) is 1. The quantitative estimate of drug-likeness (QED) is 0.534. The molecule has 1 aromatic carbocycles. The van der Waals surface area contributed by atoms with E-state index in [9.17, 15) is 19.8 Å². The van der Waals surface area contributed by atoms with Gasteiger partial charge in [-0.1, -0.05) is 43.9 Å². The summed E-state index contributed by atoms with van der Waals surface area (Å²) in [5.74, 6) is -0.199. The molecular formula is C27H36N2O6. The van der Waals surface area contributed by atoms with Crippen LogP contribution in [0.3, 0.4) is 0 Å². The molecule has 35 heavy (non-hydrogen) atoms. The van der Waals surface area contributed by atoms with Crippen LogP contribution in [0.5, 0.6) is 5.75 Å². The molecule has 1 saturated heterocycles. The van der Waals surface area contributed by atoms with E-state index in [1.165, 1.54) is 0 Å². The van der Waals surface area contributed by atoms with E-state index in [-0.39, 0.29) is 31.0 Å². The first-order chi connectivity index (χ1) is 17.1. The van der Waals surface area contributed by atoms with Gasteiger partial charge in [-0.15, -0.1) is 0 Å². The minimum Gasteiger partial charge on any atom is -0.486 e. The number of fused-ring (bicyclic) bond motifs is 3. The van der Waals surface area contributed by atoms with Crippen molar-refractivity contribution in [3.63, 3.8) is 0 Å². The van der Waals surface area contributed by atoms with Crippen LogP contribution in [0.25, 0.3) is 0 Å². The Hall–Kier alpha value is -2.42. The molecule has 8 heteroatoms. The van der Waals surface area contributed by atoms with E-state index in [1.54, 1.807) is 6.08 Å². The SMILES string of the molecule is O=C(NCCO)C1=C[C@@H](N(C(=O)C2CCCO2)C2CCCCCC2)[C@H](O)[C@H]2Oc3ccccc3[C@@H]12. The normalized spacial score (nSPS) is 30.5. The van der Waals surface area contributed by atoms with Crippen molar-refractivity contribution in [2.45, 2.75) is 87.7 Å². The number of nitrogens with zero attached hydrogens (tertiary/aromatic N) is 1. The number of benzene rings is 1. The van der Waals surface area contributed by atoms with E-state index >= 15 is 0 Å². The highest BCUT2D eigenvalue weighted by Gasteiger charge is 2.52. The van der Waals surface area contributed by atoms with E-state index in [2.05, 4.69) is 5.32 Å². The summed E-state index contributed by atoms with van der Waals surface area (Å²) in [6.07, 6.45) is 7.20. The van der Waals surface area contributed by atoms with Crippen LogP contribution in [0.15, 0.2) is 35.9 Å². The number of carbonyl (C=O) groups excluding carboxylic acids is 2. The van der Waals surface area contributed by atoms with Crippen LogP contribution in [0.4, 0.5) is 0 Å². The second-order valence-electron chi connectivity index (χ2n) is 10.1. The van der Waals surface area contributed by atoms with E-state index in [0.29, 0.717) is 24.4 Å². The lowest BCUT2D eigenvalue weighted by Gasteiger charge is -2.44. The Labute approximate surface area is 206 Å². The molecule has 0 bridgehead atoms. The Balaban J connectivity index is 1.55. The number of carbonyl (C=O) groups is 2. The highest BCUT2D eigenvalue weighted by Crippen LogP contribution is 2.47. The summed E-state index contributed by atoms with van der Waals surface area (Å²) < 4.78 is 12.0. The van der Waals surface area contributed by atoms with Gasteiger partial charge in [-0.25, -0.2) is 0 Å². The molecule has 2 fully saturated rings. The first-order valence-electron chi connectivity index (χ1n) is 13.1. The fourth-order valence-electron chi connectivity index (χ4n) is 6.21. The molecule has 2 amide bonds. The largest absolute Gasteiger partial charge is 0.486 e. The average molecular weight is 485 g/mol. The first kappa shape index (κ1) is 24.3. The van der Waals surface area contributed by atoms with Gasteiger partial charge in [0, 0.05) is 30.3 Å². The number of hydrogen-bond acceptors (Lipinski definition) is 6. The maximum absolute atomic E-state index is 13.8. The third kappa shape index (κ3) is 4.71. The van der Waals surface area contributed by atoms with Crippen LogP contribution in [-0.2, 0) is 14.3 Å². The summed E-state index contributed by atoms with van der Waals surface area (Å²) in [6, 6.07) is 6.81. The van der Waals surface area contributed by atoms with Crippen molar-refractivity contribution in [3.8, 4) is 5.75 Å². The average Bonchev–Trinajstić information content (AvgIpc) is 3.47. The maximum Gasteiger partial charge on any atom is 0.252 e. The van der Waals surface area contributed by atoms with Crippen molar-refractivity contribution in [2.75, 3.05) is 19.8 Å². The molecule has 0 spiro atoms. The lowest BCUT2D eigenvalue weighted by molar-refractivity contribution is -0.150. The number of rotatable bonds is 6. The number of ether oxygens (including phenoxy) is 2. The molecule has 3 N–H and O–H groups in total. The van der Waals surface area contributed by atoms with Gasteiger partial charge in [0.15, 0.2) is 0 Å². The van der Waals surface area contributed by atoms with Gasteiger partial charge in [0.25, 0.3) is 5.91 Å². The van der Waals surface area contributed by atoms with Gasteiger partial charge in [0.2, 0.25) is 5.91 Å². The molecule has 8 nitrogen and oxygen atoms in total. The molecule has 4 aliphatic rings. The summed E-state index contributed by atoms with van der Waals surface area (Å²) in [5.41, 5.74) is 1.33. The molecule has 1 unspecified atom stereocenters. The number of amides is 2. The monoisotopic (exact) mass is 484 g/mol. The Morgan fingerprint density at radius 3 is 2.54 bits per heavy atom. The summed E-state index contributed by atoms with van der Waals surface area (Å²) >= 11 is 0. The Morgan fingerprint density at radius 2 is 1.83 bits per heavy atom. The molecular weight excluding hydrogens is 448 g/mol. The fourth-order valence-corrected chi connectivity index (χ4v) is 6.21. The Kier molecular flexibility index (Phi) is 7.41. The van der Waals surface area contributed by atoms with Gasteiger partial charge in [-0.05, 0) is 37.8 Å². The zero-order chi connectivity index (χ0) is 24.4. The molecule has 5 rings (SSSR count). The number of hydrogen-bond donors (Lipinski definition) is 3. The van der Waals surface area contributed by atoms with Crippen LogP contribution in [-0.4, -0.2) is 77.1 Å². The standard InChI is InChI=1S/C27H36N2O6/c30-14-13-28-26(32)19-16-20(24(31)25-23(19)18-10-5-6-11-21(18)35-25)29(17-8-3-1-2-4-9-17)27(33)22-12-7-15-34-22/h5-6,10-11,16-17,20,22-25,30-31H,1-4,7-9,12-15H2,(H,28,32)/t20-,22?,23+,24+,25+/m1/s1. The summed E-state index contributed by atoms with van der Waals surface area (Å²) in [4.78, 5) is 29.0. The van der Waals surface area contributed by atoms with Gasteiger partial charge in [0.1, 0.15) is 24.1 Å². The molecule has 190 valence electrons. The predicted octanol–water partition coefficient (Wildman–Crippen LogP) is 2.04. The summed E-state index contributed by atoms with van der Waals surface area (Å²) in [7, 11) is 0. The highest BCUT2D eigenvalue weighted by atomic mass is 16.5. The summed E-state index contributed by atoms with van der Waals surface area (Å²) in [5, 5.41) is 23.7. The van der Waals surface area contributed by atoms with E-state index < -0.39 is 30.3 Å². The molecule has 5 atom stereocenters. The van der Waals surface area contributed by atoms with Gasteiger partial charge >= 0.3 is 0 Å². The highest BCUT2D eigenvalue weighted by molar-refractivity contribution is 5.96. The Morgan fingerprint density at radius 1 is 1.06 bits per heavy atom. The maximum atomic E-state index is 13.8. The molecule has 0 aromatic heterocycles. The lowest BCUT2D eigenvalue weighted by atomic mass is 9.77. The molecule has 1 saturated carbocycles. The van der Waals surface area contributed by atoms with Gasteiger partial charge in [-0.2, -0.15) is 0 Å². The predicted molar refractivity (Wildman–Crippen MR) is 129 cm³/mol. The summed E-state index contributed by atoms with van der Waals surface area (Å²) in [6.45, 7) is 0.526. The van der Waals surface area contributed by atoms with Crippen molar-refractivity contribution < 1.29 is 29.3 Å². The van der Waals surface area contributed by atoms with Crippen LogP contribution >= 0.6 is 0 Å². The number of aliphatic hydroxyl groups excluding tert-OH is 2. The minimum atomic E-state index is -0.990. The lowest BCUT2D eigenvalue weighted by Crippen LogP contribution is -2.60. The Bertz CT molecular complexity index is 951. The van der Waals surface area contributed by atoms with Crippen LogP contribution < -0.4 is 10.1 Å². The molecule has 2 aliphatic heterocycles. The van der Waals surface area contributed by atoms with Crippen LogP contribution in [0, 0.1) is 0 Å². The number of aliphatic hydroxyl groups is 2. The van der Waals surface area contributed by atoms with Crippen molar-refractivity contribution in [3.05, 3.63) is 41.5 Å². The zero-order valence-corrected chi connectivity index (χ0v) is 20.1. The molecule has 0 radical (unpaired) electrons. The minimum absolute atomic E-state index is 0.0211. The topological polar surface area (TPSA) is 108 Å². The van der Waals surface area contributed by atoms with Crippen molar-refractivity contribution >= 4 is 11.8 Å². The van der Waals surface area contributed by atoms with Crippen molar-refractivity contribution in [2.24, 2.45) is 0 Å². The van der Waals surface area contributed by atoms with Crippen LogP contribution in [0.2, 0.25) is 0 Å². The fraction of sp³-hybridized carbons (Fsp3) is 0.630. The number of para-hydroxylation sites is 1. The van der Waals surface area contributed by atoms with Crippen LogP contribution in [0.1, 0.15) is 62.8 Å². The second kappa shape index (κ2) is 10.7. The van der Waals surface area contributed by atoms with E-state index in [4.69, 9.17) is 9.47 Å². The second-order valence-corrected chi connectivity index (χ2v) is 10.1. The first-order valence-corrected chi connectivity index (χ1v) is 13.1. The smallest absolute Gasteiger partial charge is 0.252 e. The van der Waals surface area contributed by atoms with E-state index in [0.717, 1.165) is 50.5 Å². The molecule has 2 heterocycles. The molecule has 1 aromatic rings. The van der Waals surface area contributed by atoms with Gasteiger partial charge in [0.05, 0.1) is 18.6 Å².